The maximum atomic E-state index is 13.9. The van der Waals surface area contributed by atoms with E-state index in [0.29, 0.717) is 42.6 Å². The number of unbranched alkanes of at least 4 members (excludes halogenated alkanes) is 1. The van der Waals surface area contributed by atoms with Crippen LogP contribution in [0.15, 0.2) is 30.3 Å². The Morgan fingerprint density at radius 2 is 1.82 bits per heavy atom. The Balaban J connectivity index is 1.92. The van der Waals surface area contributed by atoms with Gasteiger partial charge in [-0.2, -0.15) is 0 Å². The molecule has 1 amide bonds. The average molecular weight is 566 g/mol. The van der Waals surface area contributed by atoms with Gasteiger partial charge in [0.2, 0.25) is 10.0 Å². The van der Waals surface area contributed by atoms with Crippen molar-refractivity contribution in [2.24, 2.45) is 17.6 Å². The van der Waals surface area contributed by atoms with Crippen LogP contribution in [0.4, 0.5) is 20.4 Å². The fourth-order valence-corrected chi connectivity index (χ4v) is 5.57. The lowest BCUT2D eigenvalue weighted by Gasteiger charge is -2.26. The Kier molecular flexibility index (Phi) is 10.7. The molecule has 0 bridgehead atoms. The molecule has 1 aromatic carbocycles. The number of nitrogens with two attached hydrogens (primary N) is 1. The standard InChI is InChI=1S/C28H41F2N5O3S/c1-5-7-8-24(31)25(13-19-11-22(29)16-23(30)12-19)33-28(36)20-14-26(32-17-21-10-18(21)3)34-27(15-20)35(9-6-2)39(4,37)38/h11-12,14-16,18,21,24-25H,5-10,13,17,31H2,1-4H3,(H,32,34)(H,33,36)/t18?,21?,24?,25-/m0/s1. The Bertz CT molecular complexity index is 1220. The normalized spacial score (nSPS) is 18.3. The van der Waals surface area contributed by atoms with Crippen molar-refractivity contribution < 1.29 is 22.0 Å². The Labute approximate surface area is 230 Å². The number of benzene rings is 1. The van der Waals surface area contributed by atoms with E-state index in [-0.39, 0.29) is 24.3 Å². The van der Waals surface area contributed by atoms with Gasteiger partial charge < -0.3 is 16.4 Å². The van der Waals surface area contributed by atoms with Crippen molar-refractivity contribution in [1.82, 2.24) is 10.3 Å². The lowest BCUT2D eigenvalue weighted by Crippen LogP contribution is -2.49. The van der Waals surface area contributed by atoms with Crippen LogP contribution in [0, 0.1) is 23.5 Å². The summed E-state index contributed by atoms with van der Waals surface area (Å²) in [5.41, 5.74) is 7.04. The number of amides is 1. The molecule has 1 aromatic heterocycles. The maximum absolute atomic E-state index is 13.9. The van der Waals surface area contributed by atoms with Crippen LogP contribution in [0.1, 0.15) is 68.8 Å². The second-order valence-electron chi connectivity index (χ2n) is 10.7. The number of pyridine rings is 1. The molecule has 11 heteroatoms. The molecule has 1 aliphatic carbocycles. The van der Waals surface area contributed by atoms with E-state index in [1.54, 1.807) is 6.07 Å². The minimum atomic E-state index is -3.64. The van der Waals surface area contributed by atoms with Gasteiger partial charge in [0.15, 0.2) is 0 Å². The zero-order valence-electron chi connectivity index (χ0n) is 23.2. The summed E-state index contributed by atoms with van der Waals surface area (Å²) >= 11 is 0. The molecule has 0 radical (unpaired) electrons. The third-order valence-corrected chi connectivity index (χ3v) is 8.25. The SMILES string of the molecule is CCCCC(N)[C@H](Cc1cc(F)cc(F)c1)NC(=O)c1cc(NCC2CC2C)nc(N(CCC)S(C)(=O)=O)c1. The van der Waals surface area contributed by atoms with Crippen molar-refractivity contribution in [2.45, 2.75) is 71.4 Å². The summed E-state index contributed by atoms with van der Waals surface area (Å²) in [5, 5.41) is 6.20. The molecule has 4 atom stereocenters. The number of carbonyl (C=O) groups excluding carboxylic acids is 1. The number of halogens is 2. The number of rotatable bonds is 15. The van der Waals surface area contributed by atoms with Crippen LogP contribution in [-0.4, -0.2) is 50.7 Å². The molecule has 2 aromatic rings. The largest absolute Gasteiger partial charge is 0.370 e. The monoisotopic (exact) mass is 565 g/mol. The van der Waals surface area contributed by atoms with Crippen LogP contribution in [0.25, 0.3) is 0 Å². The number of aromatic nitrogens is 1. The molecule has 0 aliphatic heterocycles. The summed E-state index contributed by atoms with van der Waals surface area (Å²) < 4.78 is 54.0. The molecule has 8 nitrogen and oxygen atoms in total. The highest BCUT2D eigenvalue weighted by atomic mass is 32.2. The smallest absolute Gasteiger partial charge is 0.251 e. The number of hydrogen-bond acceptors (Lipinski definition) is 6. The van der Waals surface area contributed by atoms with Gasteiger partial charge >= 0.3 is 0 Å². The molecule has 39 heavy (non-hydrogen) atoms. The number of nitrogens with one attached hydrogen (secondary N) is 2. The molecule has 4 N–H and O–H groups in total. The van der Waals surface area contributed by atoms with E-state index < -0.39 is 39.6 Å². The third kappa shape index (κ3) is 9.13. The fraction of sp³-hybridized carbons (Fsp3) is 0.571. The van der Waals surface area contributed by atoms with Crippen molar-refractivity contribution in [3.8, 4) is 0 Å². The Hall–Kier alpha value is -2.79. The van der Waals surface area contributed by atoms with E-state index >= 15 is 0 Å². The van der Waals surface area contributed by atoms with E-state index in [1.165, 1.54) is 22.5 Å². The summed E-state index contributed by atoms with van der Waals surface area (Å²) in [6.07, 6.45) is 5.26. The van der Waals surface area contributed by atoms with E-state index in [1.807, 2.05) is 13.8 Å². The van der Waals surface area contributed by atoms with Crippen LogP contribution >= 0.6 is 0 Å². The highest BCUT2D eigenvalue weighted by Crippen LogP contribution is 2.37. The Morgan fingerprint density at radius 1 is 1.15 bits per heavy atom. The molecule has 1 aliphatic rings. The number of sulfonamides is 1. The Morgan fingerprint density at radius 3 is 2.38 bits per heavy atom. The topological polar surface area (TPSA) is 117 Å². The second kappa shape index (κ2) is 13.5. The van der Waals surface area contributed by atoms with E-state index in [0.717, 1.165) is 31.6 Å². The van der Waals surface area contributed by atoms with Gasteiger partial charge in [0.05, 0.1) is 6.26 Å². The van der Waals surface area contributed by atoms with Crippen LogP contribution in [0.5, 0.6) is 0 Å². The minimum absolute atomic E-state index is 0.138. The van der Waals surface area contributed by atoms with Crippen molar-refractivity contribution in [1.29, 1.82) is 0 Å². The van der Waals surface area contributed by atoms with Gasteiger partial charge in [0, 0.05) is 36.8 Å². The maximum Gasteiger partial charge on any atom is 0.251 e. The van der Waals surface area contributed by atoms with Crippen molar-refractivity contribution in [3.63, 3.8) is 0 Å². The zero-order chi connectivity index (χ0) is 28.7. The van der Waals surface area contributed by atoms with Gasteiger partial charge in [-0.25, -0.2) is 22.2 Å². The number of hydrogen-bond donors (Lipinski definition) is 3. The van der Waals surface area contributed by atoms with Crippen molar-refractivity contribution in [3.05, 3.63) is 53.1 Å². The second-order valence-corrected chi connectivity index (χ2v) is 12.6. The number of anilines is 2. The first-order valence-corrected chi connectivity index (χ1v) is 15.5. The van der Waals surface area contributed by atoms with E-state index in [9.17, 15) is 22.0 Å². The quantitative estimate of drug-likeness (QED) is 0.294. The molecular formula is C28H41F2N5O3S. The highest BCUT2D eigenvalue weighted by Gasteiger charge is 2.32. The minimum Gasteiger partial charge on any atom is -0.370 e. The molecule has 1 heterocycles. The van der Waals surface area contributed by atoms with Crippen LogP contribution in [0.3, 0.4) is 0 Å². The predicted octanol–water partition coefficient (Wildman–Crippen LogP) is 4.46. The van der Waals surface area contributed by atoms with E-state index in [4.69, 9.17) is 5.73 Å². The molecule has 0 saturated heterocycles. The van der Waals surface area contributed by atoms with Crippen molar-refractivity contribution in [2.75, 3.05) is 29.0 Å². The summed E-state index contributed by atoms with van der Waals surface area (Å²) in [6.45, 7) is 6.93. The van der Waals surface area contributed by atoms with Crippen LogP contribution in [0.2, 0.25) is 0 Å². The molecule has 3 rings (SSSR count). The number of carbonyl (C=O) groups is 1. The summed E-state index contributed by atoms with van der Waals surface area (Å²) in [5.74, 6) is -0.212. The first-order chi connectivity index (χ1) is 18.4. The lowest BCUT2D eigenvalue weighted by atomic mass is 9.95. The zero-order valence-corrected chi connectivity index (χ0v) is 24.0. The third-order valence-electron chi connectivity index (χ3n) is 7.08. The lowest BCUT2D eigenvalue weighted by molar-refractivity contribution is 0.0929. The first-order valence-electron chi connectivity index (χ1n) is 13.7. The summed E-state index contributed by atoms with van der Waals surface area (Å²) in [4.78, 5) is 18.1. The highest BCUT2D eigenvalue weighted by molar-refractivity contribution is 7.92. The molecule has 216 valence electrons. The van der Waals surface area contributed by atoms with Gasteiger partial charge in [0.25, 0.3) is 5.91 Å². The average Bonchev–Trinajstić information content (AvgIpc) is 3.57. The van der Waals surface area contributed by atoms with Gasteiger partial charge in [-0.3, -0.25) is 9.10 Å². The molecule has 1 saturated carbocycles. The van der Waals surface area contributed by atoms with Gasteiger partial charge in [-0.1, -0.05) is 33.6 Å². The van der Waals surface area contributed by atoms with Crippen LogP contribution in [-0.2, 0) is 16.4 Å². The summed E-state index contributed by atoms with van der Waals surface area (Å²) in [6, 6.07) is 5.25. The fourth-order valence-electron chi connectivity index (χ4n) is 4.62. The van der Waals surface area contributed by atoms with Gasteiger partial charge in [-0.05, 0) is 67.3 Å². The predicted molar refractivity (Wildman–Crippen MR) is 151 cm³/mol. The molecule has 1 fully saturated rings. The molecule has 0 spiro atoms. The van der Waals surface area contributed by atoms with Gasteiger partial charge in [-0.15, -0.1) is 0 Å². The van der Waals surface area contributed by atoms with E-state index in [2.05, 4.69) is 22.5 Å². The molecular weight excluding hydrogens is 524 g/mol. The molecule has 3 unspecified atom stereocenters. The van der Waals surface area contributed by atoms with Gasteiger partial charge in [0.1, 0.15) is 23.3 Å². The summed E-state index contributed by atoms with van der Waals surface area (Å²) in [7, 11) is -3.64. The first kappa shape index (κ1) is 30.7. The number of nitrogens with zero attached hydrogens (tertiary/aromatic N) is 2. The van der Waals surface area contributed by atoms with Crippen LogP contribution < -0.4 is 20.7 Å². The van der Waals surface area contributed by atoms with Crippen molar-refractivity contribution >= 4 is 27.6 Å².